The third kappa shape index (κ3) is 3.73. The molecule has 2 aliphatic heterocycles. The molecule has 0 bridgehead atoms. The van der Waals surface area contributed by atoms with Crippen molar-refractivity contribution in [3.05, 3.63) is 0 Å². The molecule has 0 N–H and O–H groups in total. The molecule has 0 saturated carbocycles. The zero-order valence-corrected chi connectivity index (χ0v) is 13.7. The summed E-state index contributed by atoms with van der Waals surface area (Å²) in [5.41, 5.74) is 0.108. The van der Waals surface area contributed by atoms with Crippen LogP contribution in [0.5, 0.6) is 0 Å². The highest BCUT2D eigenvalue weighted by Gasteiger charge is 2.45. The molecule has 1 unspecified atom stereocenters. The number of carbonyl (C=O) groups excluding carboxylic acids is 1. The van der Waals surface area contributed by atoms with E-state index in [1.807, 2.05) is 25.7 Å². The molecule has 0 aromatic rings. The molecule has 0 aromatic heterocycles. The lowest BCUT2D eigenvalue weighted by atomic mass is 9.86. The standard InChI is InChI=1S/C16H30N2O2/c1-13(2)17-8-6-16(11-17)7-9-18(12-16)14(19)10-20-15(3,4)5/h13H,6-12H2,1-5H3. The van der Waals surface area contributed by atoms with Crippen molar-refractivity contribution in [3.63, 3.8) is 0 Å². The van der Waals surface area contributed by atoms with E-state index in [-0.39, 0.29) is 18.1 Å². The van der Waals surface area contributed by atoms with Crippen molar-refractivity contribution in [1.82, 2.24) is 9.80 Å². The van der Waals surface area contributed by atoms with Gasteiger partial charge in [0.25, 0.3) is 0 Å². The molecule has 0 aliphatic carbocycles. The largest absolute Gasteiger partial charge is 0.366 e. The van der Waals surface area contributed by atoms with E-state index in [2.05, 4.69) is 18.7 Å². The molecule has 2 aliphatic rings. The van der Waals surface area contributed by atoms with Gasteiger partial charge in [-0.3, -0.25) is 4.79 Å². The predicted molar refractivity (Wildman–Crippen MR) is 80.7 cm³/mol. The van der Waals surface area contributed by atoms with Crippen LogP contribution in [0.25, 0.3) is 0 Å². The summed E-state index contributed by atoms with van der Waals surface area (Å²) in [6.45, 7) is 14.8. The number of rotatable bonds is 3. The van der Waals surface area contributed by atoms with Crippen molar-refractivity contribution < 1.29 is 9.53 Å². The molecule has 1 spiro atoms. The summed E-state index contributed by atoms with van der Waals surface area (Å²) >= 11 is 0. The quantitative estimate of drug-likeness (QED) is 0.795. The maximum atomic E-state index is 12.2. The minimum absolute atomic E-state index is 0.153. The molecular weight excluding hydrogens is 252 g/mol. The minimum Gasteiger partial charge on any atom is -0.366 e. The highest BCUT2D eigenvalue weighted by atomic mass is 16.5. The van der Waals surface area contributed by atoms with Gasteiger partial charge in [0.2, 0.25) is 5.91 Å². The monoisotopic (exact) mass is 282 g/mol. The molecule has 2 fully saturated rings. The molecule has 20 heavy (non-hydrogen) atoms. The molecule has 4 nitrogen and oxygen atoms in total. The van der Waals surface area contributed by atoms with Gasteiger partial charge in [0.05, 0.1) is 5.60 Å². The van der Waals surface area contributed by atoms with Crippen molar-refractivity contribution in [2.45, 2.75) is 59.1 Å². The van der Waals surface area contributed by atoms with Gasteiger partial charge in [-0.2, -0.15) is 0 Å². The van der Waals surface area contributed by atoms with Crippen molar-refractivity contribution in [2.24, 2.45) is 5.41 Å². The van der Waals surface area contributed by atoms with Gasteiger partial charge in [-0.05, 0) is 54.0 Å². The fourth-order valence-corrected chi connectivity index (χ4v) is 3.26. The number of hydrogen-bond donors (Lipinski definition) is 0. The number of carbonyl (C=O) groups is 1. The van der Waals surface area contributed by atoms with Crippen molar-refractivity contribution >= 4 is 5.91 Å². The average molecular weight is 282 g/mol. The van der Waals surface area contributed by atoms with Crippen LogP contribution in [0, 0.1) is 5.41 Å². The van der Waals surface area contributed by atoms with Crippen LogP contribution in [-0.2, 0) is 9.53 Å². The molecule has 1 amide bonds. The molecule has 116 valence electrons. The fraction of sp³-hybridized carbons (Fsp3) is 0.938. The van der Waals surface area contributed by atoms with Crippen LogP contribution < -0.4 is 0 Å². The Morgan fingerprint density at radius 2 is 1.85 bits per heavy atom. The smallest absolute Gasteiger partial charge is 0.248 e. The lowest BCUT2D eigenvalue weighted by molar-refractivity contribution is -0.140. The van der Waals surface area contributed by atoms with Crippen LogP contribution in [0.3, 0.4) is 0 Å². The predicted octanol–water partition coefficient (Wildman–Crippen LogP) is 2.13. The summed E-state index contributed by atoms with van der Waals surface area (Å²) in [6.07, 6.45) is 2.38. The second kappa shape index (κ2) is 5.64. The molecule has 2 rings (SSSR count). The number of nitrogens with zero attached hydrogens (tertiary/aromatic N) is 2. The molecule has 0 radical (unpaired) electrons. The third-order valence-electron chi connectivity index (χ3n) is 4.62. The first-order valence-corrected chi connectivity index (χ1v) is 7.87. The van der Waals surface area contributed by atoms with Crippen LogP contribution in [0.1, 0.15) is 47.5 Å². The normalized spacial score (nSPS) is 28.0. The van der Waals surface area contributed by atoms with Crippen LogP contribution in [0.4, 0.5) is 0 Å². The summed E-state index contributed by atoms with van der Waals surface area (Å²) in [5.74, 6) is 0.153. The first-order valence-electron chi connectivity index (χ1n) is 7.87. The summed E-state index contributed by atoms with van der Waals surface area (Å²) in [5, 5.41) is 0. The zero-order chi connectivity index (χ0) is 15.0. The van der Waals surface area contributed by atoms with E-state index in [0.717, 1.165) is 26.1 Å². The summed E-state index contributed by atoms with van der Waals surface area (Å²) in [7, 11) is 0. The van der Waals surface area contributed by atoms with Crippen LogP contribution in [0.15, 0.2) is 0 Å². The van der Waals surface area contributed by atoms with Gasteiger partial charge < -0.3 is 14.5 Å². The van der Waals surface area contributed by atoms with Crippen molar-refractivity contribution in [2.75, 3.05) is 32.8 Å². The molecule has 2 saturated heterocycles. The van der Waals surface area contributed by atoms with Crippen molar-refractivity contribution in [3.8, 4) is 0 Å². The second-order valence-electron chi connectivity index (χ2n) is 7.78. The van der Waals surface area contributed by atoms with Crippen LogP contribution in [-0.4, -0.2) is 60.1 Å². The van der Waals surface area contributed by atoms with E-state index in [0.29, 0.717) is 11.5 Å². The van der Waals surface area contributed by atoms with E-state index >= 15 is 0 Å². The van der Waals surface area contributed by atoms with Gasteiger partial charge in [0.1, 0.15) is 6.61 Å². The van der Waals surface area contributed by atoms with Crippen LogP contribution in [0.2, 0.25) is 0 Å². The Labute approximate surface area is 123 Å². The number of likely N-dealkylation sites (tertiary alicyclic amines) is 2. The van der Waals surface area contributed by atoms with Gasteiger partial charge in [0, 0.05) is 31.1 Å². The molecule has 4 heteroatoms. The average Bonchev–Trinajstić information content (AvgIpc) is 2.94. The summed E-state index contributed by atoms with van der Waals surface area (Å²) in [6, 6.07) is 0.614. The topological polar surface area (TPSA) is 32.8 Å². The highest BCUT2D eigenvalue weighted by molar-refractivity contribution is 5.77. The summed E-state index contributed by atoms with van der Waals surface area (Å²) in [4.78, 5) is 16.8. The Balaban J connectivity index is 1.85. The van der Waals surface area contributed by atoms with E-state index in [1.165, 1.54) is 13.0 Å². The zero-order valence-electron chi connectivity index (χ0n) is 13.7. The van der Waals surface area contributed by atoms with Crippen molar-refractivity contribution in [1.29, 1.82) is 0 Å². The van der Waals surface area contributed by atoms with E-state index in [4.69, 9.17) is 4.74 Å². The Morgan fingerprint density at radius 1 is 1.20 bits per heavy atom. The van der Waals surface area contributed by atoms with Gasteiger partial charge in [-0.15, -0.1) is 0 Å². The third-order valence-corrected chi connectivity index (χ3v) is 4.62. The Hall–Kier alpha value is -0.610. The van der Waals surface area contributed by atoms with Gasteiger partial charge in [-0.25, -0.2) is 0 Å². The summed E-state index contributed by atoms with van der Waals surface area (Å²) < 4.78 is 5.61. The molecule has 1 atom stereocenters. The lowest BCUT2D eigenvalue weighted by Crippen LogP contribution is -2.38. The van der Waals surface area contributed by atoms with E-state index < -0.39 is 0 Å². The molecule has 0 aromatic carbocycles. The fourth-order valence-electron chi connectivity index (χ4n) is 3.26. The maximum absolute atomic E-state index is 12.2. The SMILES string of the molecule is CC(C)N1CCC2(CCN(C(=O)COC(C)(C)C)C2)C1. The minimum atomic E-state index is -0.241. The first-order chi connectivity index (χ1) is 9.21. The van der Waals surface area contributed by atoms with Gasteiger partial charge in [0.15, 0.2) is 0 Å². The first kappa shape index (κ1) is 15.8. The molecule has 2 heterocycles. The lowest BCUT2D eigenvalue weighted by Gasteiger charge is -2.27. The Kier molecular flexibility index (Phi) is 4.45. The maximum Gasteiger partial charge on any atom is 0.248 e. The Morgan fingerprint density at radius 3 is 2.40 bits per heavy atom. The highest BCUT2D eigenvalue weighted by Crippen LogP contribution is 2.40. The number of amides is 1. The Bertz CT molecular complexity index is 362. The number of hydrogen-bond acceptors (Lipinski definition) is 3. The second-order valence-corrected chi connectivity index (χ2v) is 7.78. The molecular formula is C16H30N2O2. The van der Waals surface area contributed by atoms with Gasteiger partial charge in [-0.1, -0.05) is 0 Å². The van der Waals surface area contributed by atoms with Crippen LogP contribution >= 0.6 is 0 Å². The van der Waals surface area contributed by atoms with E-state index in [9.17, 15) is 4.79 Å². The van der Waals surface area contributed by atoms with Gasteiger partial charge >= 0.3 is 0 Å². The van der Waals surface area contributed by atoms with E-state index in [1.54, 1.807) is 0 Å². The number of ether oxygens (including phenoxy) is 1.